The fourth-order valence-electron chi connectivity index (χ4n) is 4.61. The SMILES string of the molecule is N#Cc1cnc2c(Cl)cc(N[C@H](C3=CN(c4ccccc4F)NN3)c3ccc(F)cc3)cc2c1Nc1cnc(F)c(F)c1. The van der Waals surface area contributed by atoms with E-state index in [1.54, 1.807) is 48.7 Å². The van der Waals surface area contributed by atoms with Gasteiger partial charge in [-0.2, -0.15) is 9.65 Å². The minimum atomic E-state index is -1.26. The highest BCUT2D eigenvalue weighted by Gasteiger charge is 2.25. The number of aromatic nitrogens is 2. The Hall–Kier alpha value is -5.38. The molecule has 13 heteroatoms. The van der Waals surface area contributed by atoms with Crippen LogP contribution in [0, 0.1) is 34.7 Å². The van der Waals surface area contributed by atoms with Crippen LogP contribution >= 0.6 is 11.6 Å². The Morgan fingerprint density at radius 3 is 2.44 bits per heavy atom. The van der Waals surface area contributed by atoms with Crippen LogP contribution in [-0.4, -0.2) is 9.97 Å². The van der Waals surface area contributed by atoms with Gasteiger partial charge >= 0.3 is 0 Å². The molecule has 0 bridgehead atoms. The van der Waals surface area contributed by atoms with Gasteiger partial charge in [-0.25, -0.2) is 18.2 Å². The van der Waals surface area contributed by atoms with Crippen LogP contribution in [0.2, 0.25) is 5.02 Å². The van der Waals surface area contributed by atoms with Crippen LogP contribution in [-0.2, 0) is 0 Å². The van der Waals surface area contributed by atoms with Crippen molar-refractivity contribution in [2.75, 3.05) is 15.6 Å². The molecule has 43 heavy (non-hydrogen) atoms. The number of nitriles is 1. The standard InChI is InChI=1S/C30H19ClF4N8/c31-22-10-19(9-21-27(17(12-36)13-37-29(21)22)40-20-11-24(34)30(35)38-14-20)39-28(16-5-7-18(32)8-6-16)25-15-43(42-41-25)26-4-2-1-3-23(26)33/h1-11,13-15,28,39,41-42H,(H,37,40)/t28-/m0/s1. The lowest BCUT2D eigenvalue weighted by Crippen LogP contribution is -2.38. The number of hydrazine groups is 2. The van der Waals surface area contributed by atoms with Crippen LogP contribution in [0.25, 0.3) is 10.9 Å². The Morgan fingerprint density at radius 2 is 1.70 bits per heavy atom. The summed E-state index contributed by atoms with van der Waals surface area (Å²) >= 11 is 6.63. The highest BCUT2D eigenvalue weighted by Crippen LogP contribution is 2.37. The van der Waals surface area contributed by atoms with E-state index >= 15 is 0 Å². The van der Waals surface area contributed by atoms with Gasteiger partial charge in [-0.1, -0.05) is 35.9 Å². The fraction of sp³-hybridized carbons (Fsp3) is 0.0333. The Morgan fingerprint density at radius 1 is 0.907 bits per heavy atom. The van der Waals surface area contributed by atoms with Crippen molar-refractivity contribution in [3.63, 3.8) is 0 Å². The Balaban J connectivity index is 1.42. The predicted molar refractivity (Wildman–Crippen MR) is 155 cm³/mol. The number of hydrogen-bond acceptors (Lipinski definition) is 8. The summed E-state index contributed by atoms with van der Waals surface area (Å²) in [6.07, 6.45) is 4.06. The van der Waals surface area contributed by atoms with Gasteiger partial charge in [0.25, 0.3) is 0 Å². The number of nitrogens with zero attached hydrogens (tertiary/aromatic N) is 4. The van der Waals surface area contributed by atoms with Crippen molar-refractivity contribution in [1.82, 2.24) is 20.9 Å². The van der Waals surface area contributed by atoms with Crippen molar-refractivity contribution in [3.05, 3.63) is 131 Å². The molecule has 214 valence electrons. The van der Waals surface area contributed by atoms with Crippen LogP contribution in [0.3, 0.4) is 0 Å². The van der Waals surface area contributed by atoms with E-state index in [0.29, 0.717) is 27.9 Å². The Kier molecular flexibility index (Phi) is 7.41. The number of para-hydroxylation sites is 1. The molecule has 1 atom stereocenters. The molecule has 1 aliphatic rings. The second kappa shape index (κ2) is 11.5. The molecule has 1 aliphatic heterocycles. The number of nitrogens with one attached hydrogen (secondary N) is 4. The second-order valence-electron chi connectivity index (χ2n) is 9.41. The van der Waals surface area contributed by atoms with E-state index in [9.17, 15) is 22.8 Å². The zero-order valence-corrected chi connectivity index (χ0v) is 22.6. The van der Waals surface area contributed by atoms with Crippen LogP contribution in [0.1, 0.15) is 17.2 Å². The van der Waals surface area contributed by atoms with Crippen molar-refractivity contribution in [1.29, 1.82) is 5.26 Å². The van der Waals surface area contributed by atoms with Gasteiger partial charge in [0.1, 0.15) is 17.7 Å². The first-order chi connectivity index (χ1) is 20.8. The van der Waals surface area contributed by atoms with Gasteiger partial charge in [-0.05, 0) is 42.0 Å². The summed E-state index contributed by atoms with van der Waals surface area (Å²) in [5.74, 6) is -3.29. The van der Waals surface area contributed by atoms with E-state index < -0.39 is 29.4 Å². The van der Waals surface area contributed by atoms with E-state index in [0.717, 1.165) is 12.3 Å². The molecule has 6 rings (SSSR count). The molecule has 2 aromatic heterocycles. The van der Waals surface area contributed by atoms with Crippen LogP contribution in [0.4, 0.5) is 40.3 Å². The van der Waals surface area contributed by atoms with Crippen molar-refractivity contribution in [3.8, 4) is 6.07 Å². The maximum absolute atomic E-state index is 14.5. The molecule has 5 aromatic rings. The van der Waals surface area contributed by atoms with Gasteiger partial charge in [-0.15, -0.1) is 5.53 Å². The van der Waals surface area contributed by atoms with Gasteiger partial charge in [0.15, 0.2) is 5.82 Å². The molecule has 3 aromatic carbocycles. The predicted octanol–water partition coefficient (Wildman–Crippen LogP) is 6.98. The molecule has 0 aliphatic carbocycles. The molecule has 0 saturated heterocycles. The molecule has 0 radical (unpaired) electrons. The molecule has 0 amide bonds. The fourth-order valence-corrected chi connectivity index (χ4v) is 4.88. The summed E-state index contributed by atoms with van der Waals surface area (Å²) < 4.78 is 55.6. The summed E-state index contributed by atoms with van der Waals surface area (Å²) in [6.45, 7) is 0. The van der Waals surface area contributed by atoms with Crippen molar-refractivity contribution in [2.45, 2.75) is 6.04 Å². The largest absolute Gasteiger partial charge is 0.373 e. The molecule has 4 N–H and O–H groups in total. The number of rotatable bonds is 7. The third-order valence-electron chi connectivity index (χ3n) is 6.64. The lowest BCUT2D eigenvalue weighted by Gasteiger charge is -2.22. The number of fused-ring (bicyclic) bond motifs is 1. The molecular weight excluding hydrogens is 584 g/mol. The van der Waals surface area contributed by atoms with Gasteiger partial charge in [0, 0.05) is 29.5 Å². The lowest BCUT2D eigenvalue weighted by atomic mass is 10.0. The highest BCUT2D eigenvalue weighted by atomic mass is 35.5. The molecule has 0 spiro atoms. The third kappa shape index (κ3) is 5.59. The van der Waals surface area contributed by atoms with Crippen LogP contribution < -0.4 is 26.6 Å². The summed E-state index contributed by atoms with van der Waals surface area (Å²) in [4.78, 5) is 7.70. The second-order valence-corrected chi connectivity index (χ2v) is 9.81. The first-order valence-corrected chi connectivity index (χ1v) is 13.1. The van der Waals surface area contributed by atoms with E-state index in [1.165, 1.54) is 29.4 Å². The molecular formula is C30H19ClF4N8. The Bertz CT molecular complexity index is 1930. The average Bonchev–Trinajstić information content (AvgIpc) is 3.49. The Labute approximate surface area is 247 Å². The molecule has 0 fully saturated rings. The monoisotopic (exact) mass is 602 g/mol. The minimum absolute atomic E-state index is 0.0983. The maximum Gasteiger partial charge on any atom is 0.249 e. The van der Waals surface area contributed by atoms with Gasteiger partial charge in [-0.3, -0.25) is 9.99 Å². The maximum atomic E-state index is 14.5. The summed E-state index contributed by atoms with van der Waals surface area (Å²) in [6, 6.07) is 17.7. The quantitative estimate of drug-likeness (QED) is 0.117. The lowest BCUT2D eigenvalue weighted by molar-refractivity contribution is 0.480. The van der Waals surface area contributed by atoms with Crippen LogP contribution in [0.5, 0.6) is 0 Å². The summed E-state index contributed by atoms with van der Waals surface area (Å²) in [5, 5.41) is 18.2. The van der Waals surface area contributed by atoms with Gasteiger partial charge < -0.3 is 16.1 Å². The molecule has 3 heterocycles. The van der Waals surface area contributed by atoms with E-state index in [-0.39, 0.29) is 27.6 Å². The zero-order valence-electron chi connectivity index (χ0n) is 21.8. The van der Waals surface area contributed by atoms with E-state index in [1.807, 2.05) is 6.07 Å². The number of halogens is 5. The third-order valence-corrected chi connectivity index (χ3v) is 6.93. The highest BCUT2D eigenvalue weighted by molar-refractivity contribution is 6.36. The van der Waals surface area contributed by atoms with E-state index in [4.69, 9.17) is 11.6 Å². The average molecular weight is 603 g/mol. The number of hydrogen-bond donors (Lipinski definition) is 4. The van der Waals surface area contributed by atoms with Crippen molar-refractivity contribution < 1.29 is 17.6 Å². The smallest absolute Gasteiger partial charge is 0.249 e. The van der Waals surface area contributed by atoms with Crippen molar-refractivity contribution in [2.24, 2.45) is 0 Å². The van der Waals surface area contributed by atoms with Gasteiger partial charge in [0.05, 0.1) is 51.1 Å². The zero-order chi connectivity index (χ0) is 30.1. The number of benzene rings is 3. The van der Waals surface area contributed by atoms with E-state index in [2.05, 4.69) is 31.6 Å². The molecule has 8 nitrogen and oxygen atoms in total. The number of anilines is 4. The topological polar surface area (TPSA) is 101 Å². The number of pyridine rings is 2. The minimum Gasteiger partial charge on any atom is -0.373 e. The normalized spacial score (nSPS) is 13.3. The summed E-state index contributed by atoms with van der Waals surface area (Å²) in [7, 11) is 0. The first kappa shape index (κ1) is 27.8. The van der Waals surface area contributed by atoms with Crippen LogP contribution in [0.15, 0.2) is 91.0 Å². The molecule has 0 unspecified atom stereocenters. The molecule has 0 saturated carbocycles. The van der Waals surface area contributed by atoms with Gasteiger partial charge in [0.2, 0.25) is 5.95 Å². The van der Waals surface area contributed by atoms with Crippen molar-refractivity contribution >= 4 is 45.3 Å². The first-order valence-electron chi connectivity index (χ1n) is 12.7. The summed E-state index contributed by atoms with van der Waals surface area (Å²) in [5.41, 5.74) is 8.69.